The van der Waals surface area contributed by atoms with Crippen molar-refractivity contribution in [2.24, 2.45) is 17.8 Å². The summed E-state index contributed by atoms with van der Waals surface area (Å²) in [4.78, 5) is 61.3. The lowest BCUT2D eigenvalue weighted by atomic mass is 9.56. The van der Waals surface area contributed by atoms with E-state index in [9.17, 15) is 52.0 Å². The van der Waals surface area contributed by atoms with Gasteiger partial charge in [0.15, 0.2) is 44.6 Å². The van der Waals surface area contributed by atoms with Gasteiger partial charge in [-0.2, -0.15) is 0 Å². The monoisotopic (exact) mass is 739 g/mol. The quantitative estimate of drug-likeness (QED) is 0.0514. The number of carbonyl (C=O) groups is 4. The Hall–Kier alpha value is -4.96. The first-order valence-electron chi connectivity index (χ1n) is 14.6. The molecule has 2 heterocycles. The molecule has 2 aliphatic heterocycles. The summed E-state index contributed by atoms with van der Waals surface area (Å²) in [5.41, 5.74) is -3.14. The molecule has 18 heteroatoms. The van der Waals surface area contributed by atoms with Crippen molar-refractivity contribution in [1.29, 1.82) is 0 Å². The molecule has 2 saturated heterocycles. The molecular formula is C32H17Cl2F6N3O7. The van der Waals surface area contributed by atoms with E-state index in [1.54, 1.807) is 0 Å². The molecule has 2 aliphatic carbocycles. The minimum Gasteiger partial charge on any atom is -0.505 e. The minimum atomic E-state index is -2.96. The Bertz CT molecular complexity index is 2140. The van der Waals surface area contributed by atoms with Crippen LogP contribution in [0.5, 0.6) is 5.75 Å². The lowest BCUT2D eigenvalue weighted by Crippen LogP contribution is -2.60. The van der Waals surface area contributed by atoms with Gasteiger partial charge in [0.05, 0.1) is 22.4 Å². The lowest BCUT2D eigenvalue weighted by Gasteiger charge is -2.50. The smallest absolute Gasteiger partial charge is 0.271 e. The van der Waals surface area contributed by atoms with E-state index in [1.165, 1.54) is 18.2 Å². The summed E-state index contributed by atoms with van der Waals surface area (Å²) in [6.07, 6.45) is 0.267. The molecule has 4 aliphatic rings. The summed E-state index contributed by atoms with van der Waals surface area (Å²) in [5, 5.41) is 22.3. The Morgan fingerprint density at radius 2 is 1.44 bits per heavy atom. The number of benzene rings is 3. The number of halogens is 8. The summed E-state index contributed by atoms with van der Waals surface area (Å²) in [5.74, 6) is -26.2. The van der Waals surface area contributed by atoms with E-state index in [0.717, 1.165) is 30.3 Å². The Kier molecular flexibility index (Phi) is 7.39. The number of rotatable bonds is 4. The number of non-ortho nitro benzene ring substituents is 1. The number of amides is 4. The van der Waals surface area contributed by atoms with Crippen LogP contribution >= 0.6 is 23.2 Å². The van der Waals surface area contributed by atoms with Crippen LogP contribution < -0.4 is 9.80 Å². The molecule has 0 unspecified atom stereocenters. The van der Waals surface area contributed by atoms with Crippen LogP contribution in [0.2, 0.25) is 0 Å². The van der Waals surface area contributed by atoms with Crippen LogP contribution in [0.3, 0.4) is 0 Å². The van der Waals surface area contributed by atoms with Crippen molar-refractivity contribution in [2.45, 2.75) is 28.5 Å². The first-order chi connectivity index (χ1) is 23.5. The second-order valence-corrected chi connectivity index (χ2v) is 13.4. The SMILES string of the molecule is O=C1[C@H]2[C@H](CC=C3[C@H]2C[C@@]2(Cl)C(=O)N(c4c(F)c(F)c(F)c(F)c4F)C(=O)[C@@]2(Cl)[C@H]3c2cccc(F)c2O)C(=O)N1c1cccc([N+](=O)[O-])c1. The normalized spacial score (nSPS) is 28.8. The third-order valence-corrected chi connectivity index (χ3v) is 11.3. The molecule has 258 valence electrons. The summed E-state index contributed by atoms with van der Waals surface area (Å²) < 4.78 is 87.8. The summed E-state index contributed by atoms with van der Waals surface area (Å²) in [6.45, 7) is 0. The van der Waals surface area contributed by atoms with E-state index in [1.807, 2.05) is 0 Å². The average Bonchev–Trinajstić information content (AvgIpc) is 3.42. The molecule has 4 amide bonds. The summed E-state index contributed by atoms with van der Waals surface area (Å²) in [6, 6.07) is 7.56. The average molecular weight is 740 g/mol. The van der Waals surface area contributed by atoms with Crippen LogP contribution in [-0.2, 0) is 19.2 Å². The summed E-state index contributed by atoms with van der Waals surface area (Å²) >= 11 is 13.9. The van der Waals surface area contributed by atoms with Crippen molar-refractivity contribution in [3.05, 3.63) is 105 Å². The Labute approximate surface area is 285 Å². The van der Waals surface area contributed by atoms with Gasteiger partial charge in [-0.15, -0.1) is 23.2 Å². The Morgan fingerprint density at radius 3 is 2.08 bits per heavy atom. The van der Waals surface area contributed by atoms with Crippen LogP contribution in [0, 0.1) is 62.8 Å². The van der Waals surface area contributed by atoms with Crippen LogP contribution in [0.1, 0.15) is 24.3 Å². The number of aromatic hydroxyl groups is 1. The number of allylic oxidation sites excluding steroid dienone is 2. The number of imide groups is 2. The Morgan fingerprint density at radius 1 is 0.820 bits per heavy atom. The van der Waals surface area contributed by atoms with Gasteiger partial charge in [0, 0.05) is 23.6 Å². The van der Waals surface area contributed by atoms with Crippen molar-refractivity contribution in [2.75, 3.05) is 9.80 Å². The number of carbonyl (C=O) groups excluding carboxylic acids is 4. The van der Waals surface area contributed by atoms with Crippen LogP contribution in [0.4, 0.5) is 43.4 Å². The maximum Gasteiger partial charge on any atom is 0.271 e. The third-order valence-electron chi connectivity index (χ3n) is 9.85. The van der Waals surface area contributed by atoms with Gasteiger partial charge in [0.1, 0.15) is 5.69 Å². The van der Waals surface area contributed by atoms with Gasteiger partial charge in [0.25, 0.3) is 17.5 Å². The van der Waals surface area contributed by atoms with Crippen LogP contribution in [0.25, 0.3) is 0 Å². The van der Waals surface area contributed by atoms with Gasteiger partial charge in [-0.3, -0.25) is 29.3 Å². The lowest BCUT2D eigenvalue weighted by molar-refractivity contribution is -0.384. The number of phenolic OH excluding ortho intramolecular Hbond substituents is 1. The molecule has 3 fully saturated rings. The first-order valence-corrected chi connectivity index (χ1v) is 15.3. The minimum absolute atomic E-state index is 0.0270. The Balaban J connectivity index is 1.43. The van der Waals surface area contributed by atoms with E-state index in [2.05, 4.69) is 0 Å². The molecule has 0 bridgehead atoms. The number of hydrogen-bond acceptors (Lipinski definition) is 7. The molecular weight excluding hydrogens is 723 g/mol. The second-order valence-electron chi connectivity index (χ2n) is 12.2. The number of hydrogen-bond donors (Lipinski definition) is 1. The fourth-order valence-electron chi connectivity index (χ4n) is 7.68. The summed E-state index contributed by atoms with van der Waals surface area (Å²) in [7, 11) is 0. The van der Waals surface area contributed by atoms with Crippen molar-refractivity contribution in [3.8, 4) is 5.75 Å². The molecule has 0 radical (unpaired) electrons. The maximum absolute atomic E-state index is 15.1. The van der Waals surface area contributed by atoms with Gasteiger partial charge >= 0.3 is 0 Å². The number of nitro groups is 1. The number of nitrogens with zero attached hydrogens (tertiary/aromatic N) is 3. The van der Waals surface area contributed by atoms with E-state index in [4.69, 9.17) is 23.2 Å². The van der Waals surface area contributed by atoms with Crippen molar-refractivity contribution >= 4 is 63.9 Å². The molecule has 3 aromatic carbocycles. The largest absolute Gasteiger partial charge is 0.505 e. The molecule has 7 rings (SSSR count). The highest BCUT2D eigenvalue weighted by atomic mass is 35.5. The number of nitro benzene ring substituents is 1. The fourth-order valence-corrected chi connectivity index (χ4v) is 8.60. The number of para-hydroxylation sites is 1. The maximum atomic E-state index is 15.1. The molecule has 6 atom stereocenters. The zero-order valence-corrected chi connectivity index (χ0v) is 26.1. The topological polar surface area (TPSA) is 138 Å². The molecule has 1 saturated carbocycles. The standard InChI is InChI=1S/C32H17Cl2F6N3O7/c33-31-10-16-13(7-8-14-18(16)28(46)41(27(14)45)11-3-1-4-12(9-11)43(49)50)19(15-5-2-6-17(35)26(15)44)32(31,34)30(48)42(29(31)47)25-23(39)21(37)20(36)22(38)24(25)40/h1-7,9,14,16,18-19,44H,8,10H2/t14-,16+,18-,19+,31+,32-/m0/s1. The number of anilines is 2. The molecule has 0 aromatic heterocycles. The van der Waals surface area contributed by atoms with Crippen LogP contribution in [0.15, 0.2) is 54.1 Å². The molecule has 3 aromatic rings. The van der Waals surface area contributed by atoms with Crippen molar-refractivity contribution in [3.63, 3.8) is 0 Å². The van der Waals surface area contributed by atoms with E-state index in [-0.39, 0.29) is 17.7 Å². The van der Waals surface area contributed by atoms with Crippen molar-refractivity contribution < 1.29 is 55.6 Å². The zero-order valence-electron chi connectivity index (χ0n) is 24.6. The highest BCUT2D eigenvalue weighted by molar-refractivity contribution is 6.58. The van der Waals surface area contributed by atoms with Gasteiger partial charge in [-0.25, -0.2) is 36.1 Å². The highest BCUT2D eigenvalue weighted by Gasteiger charge is 2.77. The number of phenols is 1. The predicted octanol–water partition coefficient (Wildman–Crippen LogP) is 5.90. The van der Waals surface area contributed by atoms with Gasteiger partial charge in [0.2, 0.25) is 17.6 Å². The molecule has 50 heavy (non-hydrogen) atoms. The molecule has 10 nitrogen and oxygen atoms in total. The van der Waals surface area contributed by atoms with Gasteiger partial charge in [-0.05, 0) is 30.9 Å². The fraction of sp³-hybridized carbons (Fsp3) is 0.250. The number of alkyl halides is 2. The number of fused-ring (bicyclic) bond motifs is 4. The van der Waals surface area contributed by atoms with E-state index >= 15 is 8.78 Å². The zero-order chi connectivity index (χ0) is 36.4. The predicted molar refractivity (Wildman–Crippen MR) is 160 cm³/mol. The van der Waals surface area contributed by atoms with Crippen LogP contribution in [-0.4, -0.2) is 43.4 Å². The third kappa shape index (κ3) is 4.11. The van der Waals surface area contributed by atoms with Gasteiger partial charge < -0.3 is 5.11 Å². The van der Waals surface area contributed by atoms with E-state index in [0.29, 0.717) is 4.90 Å². The first kappa shape index (κ1) is 33.5. The highest BCUT2D eigenvalue weighted by Crippen LogP contribution is 2.67. The molecule has 1 N–H and O–H groups in total. The van der Waals surface area contributed by atoms with E-state index < -0.39 is 131 Å². The van der Waals surface area contributed by atoms with Gasteiger partial charge in [-0.1, -0.05) is 29.8 Å². The molecule has 0 spiro atoms. The van der Waals surface area contributed by atoms with Crippen molar-refractivity contribution in [1.82, 2.24) is 0 Å². The second kappa shape index (κ2) is 11.0.